The van der Waals surface area contributed by atoms with Crippen molar-refractivity contribution < 1.29 is 4.74 Å². The third kappa shape index (κ3) is 4.09. The molecular weight excluding hydrogens is 216 g/mol. The van der Waals surface area contributed by atoms with Crippen molar-refractivity contribution in [1.82, 2.24) is 0 Å². The number of benzene rings is 1. The lowest BCUT2D eigenvalue weighted by Gasteiger charge is -2.23. The van der Waals surface area contributed by atoms with E-state index in [0.29, 0.717) is 11.2 Å². The Bertz CT molecular complexity index is 339. The van der Waals surface area contributed by atoms with E-state index in [4.69, 9.17) is 4.74 Å². The SMILES string of the molecule is CC(S)C(C)c1cccc(OC(C)(C)C)c1. The molecule has 1 nitrogen and oxygen atoms in total. The predicted molar refractivity (Wildman–Crippen MR) is 73.7 cm³/mol. The van der Waals surface area contributed by atoms with E-state index in [2.05, 4.69) is 59.4 Å². The second kappa shape index (κ2) is 5.13. The van der Waals surface area contributed by atoms with Gasteiger partial charge in [-0.2, -0.15) is 12.6 Å². The zero-order valence-corrected chi connectivity index (χ0v) is 11.7. The Kier molecular flexibility index (Phi) is 4.31. The van der Waals surface area contributed by atoms with Crippen molar-refractivity contribution in [2.45, 2.75) is 51.4 Å². The van der Waals surface area contributed by atoms with Crippen LogP contribution in [0.1, 0.15) is 46.1 Å². The number of hydrogen-bond donors (Lipinski definition) is 1. The summed E-state index contributed by atoms with van der Waals surface area (Å²) in [5.74, 6) is 1.37. The summed E-state index contributed by atoms with van der Waals surface area (Å²) in [5.41, 5.74) is 1.14. The average Bonchev–Trinajstić information content (AvgIpc) is 2.14. The highest BCUT2D eigenvalue weighted by molar-refractivity contribution is 7.81. The van der Waals surface area contributed by atoms with Crippen LogP contribution in [0.5, 0.6) is 5.75 Å². The molecule has 0 heterocycles. The summed E-state index contributed by atoms with van der Waals surface area (Å²) >= 11 is 4.48. The van der Waals surface area contributed by atoms with Crippen molar-refractivity contribution in [3.63, 3.8) is 0 Å². The lowest BCUT2D eigenvalue weighted by Crippen LogP contribution is -2.23. The highest BCUT2D eigenvalue weighted by Crippen LogP contribution is 2.27. The van der Waals surface area contributed by atoms with Crippen LogP contribution < -0.4 is 4.74 Å². The maximum absolute atomic E-state index is 5.85. The minimum absolute atomic E-state index is 0.144. The van der Waals surface area contributed by atoms with Gasteiger partial charge >= 0.3 is 0 Å². The van der Waals surface area contributed by atoms with E-state index in [1.165, 1.54) is 5.56 Å². The van der Waals surface area contributed by atoms with Crippen LogP contribution in [0.4, 0.5) is 0 Å². The van der Waals surface area contributed by atoms with Gasteiger partial charge in [-0.25, -0.2) is 0 Å². The third-order valence-electron chi connectivity index (χ3n) is 2.53. The minimum atomic E-state index is -0.144. The van der Waals surface area contributed by atoms with Gasteiger partial charge in [-0.1, -0.05) is 26.0 Å². The molecule has 0 aromatic heterocycles. The second-order valence-corrected chi connectivity index (χ2v) is 6.13. The van der Waals surface area contributed by atoms with E-state index in [1.807, 2.05) is 12.1 Å². The Labute approximate surface area is 105 Å². The summed E-state index contributed by atoms with van der Waals surface area (Å²) in [5, 5.41) is 0.352. The molecule has 0 N–H and O–H groups in total. The van der Waals surface area contributed by atoms with Crippen molar-refractivity contribution in [2.75, 3.05) is 0 Å². The molecular formula is C14H22OS. The molecule has 0 amide bonds. The van der Waals surface area contributed by atoms with E-state index in [-0.39, 0.29) is 5.60 Å². The summed E-state index contributed by atoms with van der Waals surface area (Å²) in [7, 11) is 0. The van der Waals surface area contributed by atoms with Crippen LogP contribution in [0.25, 0.3) is 0 Å². The van der Waals surface area contributed by atoms with Crippen molar-refractivity contribution in [1.29, 1.82) is 0 Å². The van der Waals surface area contributed by atoms with E-state index >= 15 is 0 Å². The van der Waals surface area contributed by atoms with Crippen LogP contribution in [0.2, 0.25) is 0 Å². The summed E-state index contributed by atoms with van der Waals surface area (Å²) in [6.45, 7) is 10.5. The molecule has 2 atom stereocenters. The van der Waals surface area contributed by atoms with Gasteiger partial charge in [0.1, 0.15) is 11.4 Å². The maximum Gasteiger partial charge on any atom is 0.120 e. The first kappa shape index (κ1) is 13.4. The van der Waals surface area contributed by atoms with Crippen molar-refractivity contribution >= 4 is 12.6 Å². The largest absolute Gasteiger partial charge is 0.488 e. The summed E-state index contributed by atoms with van der Waals surface area (Å²) in [6.07, 6.45) is 0. The van der Waals surface area contributed by atoms with Gasteiger partial charge in [0, 0.05) is 5.25 Å². The normalized spacial score (nSPS) is 15.6. The first-order chi connectivity index (χ1) is 7.29. The molecule has 1 rings (SSSR count). The molecule has 0 aliphatic carbocycles. The molecule has 1 aromatic carbocycles. The third-order valence-corrected chi connectivity index (χ3v) is 2.98. The quantitative estimate of drug-likeness (QED) is 0.773. The first-order valence-electron chi connectivity index (χ1n) is 5.76. The van der Waals surface area contributed by atoms with Crippen LogP contribution >= 0.6 is 12.6 Å². The standard InChI is InChI=1S/C14H22OS/c1-10(11(2)16)12-7-6-8-13(9-12)15-14(3,4)5/h6-11,16H,1-5H3. The van der Waals surface area contributed by atoms with Crippen LogP contribution in [0.3, 0.4) is 0 Å². The van der Waals surface area contributed by atoms with Gasteiger partial charge < -0.3 is 4.74 Å². The van der Waals surface area contributed by atoms with Gasteiger partial charge in [-0.05, 0) is 44.4 Å². The Morgan fingerprint density at radius 2 is 1.81 bits per heavy atom. The molecule has 2 heteroatoms. The molecule has 0 spiro atoms. The Morgan fingerprint density at radius 3 is 2.31 bits per heavy atom. The van der Waals surface area contributed by atoms with Gasteiger partial charge in [-0.3, -0.25) is 0 Å². The number of thiol groups is 1. The predicted octanol–water partition coefficient (Wildman–Crippen LogP) is 4.29. The van der Waals surface area contributed by atoms with Crippen molar-refractivity contribution in [3.05, 3.63) is 29.8 Å². The van der Waals surface area contributed by atoms with Gasteiger partial charge in [0.25, 0.3) is 0 Å². The number of rotatable bonds is 3. The molecule has 0 aliphatic heterocycles. The van der Waals surface area contributed by atoms with Crippen LogP contribution in [-0.4, -0.2) is 10.9 Å². The van der Waals surface area contributed by atoms with Crippen LogP contribution in [0.15, 0.2) is 24.3 Å². The van der Waals surface area contributed by atoms with E-state index < -0.39 is 0 Å². The summed E-state index contributed by atoms with van der Waals surface area (Å²) in [4.78, 5) is 0. The molecule has 16 heavy (non-hydrogen) atoms. The van der Waals surface area contributed by atoms with Crippen LogP contribution in [-0.2, 0) is 0 Å². The molecule has 2 unspecified atom stereocenters. The monoisotopic (exact) mass is 238 g/mol. The summed E-state index contributed by atoms with van der Waals surface area (Å²) in [6, 6.07) is 8.29. The fourth-order valence-corrected chi connectivity index (χ4v) is 1.67. The molecule has 90 valence electrons. The van der Waals surface area contributed by atoms with Crippen LogP contribution in [0, 0.1) is 0 Å². The summed E-state index contributed by atoms with van der Waals surface area (Å²) < 4.78 is 5.85. The molecule has 0 fully saturated rings. The highest BCUT2D eigenvalue weighted by Gasteiger charge is 2.14. The molecule has 0 saturated heterocycles. The van der Waals surface area contributed by atoms with Gasteiger partial charge in [-0.15, -0.1) is 0 Å². The topological polar surface area (TPSA) is 9.23 Å². The van der Waals surface area contributed by atoms with Gasteiger partial charge in [0.05, 0.1) is 0 Å². The fourth-order valence-electron chi connectivity index (χ4n) is 1.49. The lowest BCUT2D eigenvalue weighted by atomic mass is 9.98. The molecule has 0 aliphatic rings. The lowest BCUT2D eigenvalue weighted by molar-refractivity contribution is 0.131. The second-order valence-electron chi connectivity index (χ2n) is 5.32. The van der Waals surface area contributed by atoms with Gasteiger partial charge in [0.15, 0.2) is 0 Å². The van der Waals surface area contributed by atoms with E-state index in [0.717, 1.165) is 5.75 Å². The van der Waals surface area contributed by atoms with E-state index in [1.54, 1.807) is 0 Å². The minimum Gasteiger partial charge on any atom is -0.488 e. The first-order valence-corrected chi connectivity index (χ1v) is 6.28. The highest BCUT2D eigenvalue weighted by atomic mass is 32.1. The smallest absolute Gasteiger partial charge is 0.120 e. The number of ether oxygens (including phenoxy) is 1. The van der Waals surface area contributed by atoms with Crippen molar-refractivity contribution in [3.8, 4) is 5.75 Å². The van der Waals surface area contributed by atoms with Gasteiger partial charge in [0.2, 0.25) is 0 Å². The number of hydrogen-bond acceptors (Lipinski definition) is 2. The molecule has 0 radical (unpaired) electrons. The zero-order valence-electron chi connectivity index (χ0n) is 10.8. The Morgan fingerprint density at radius 1 is 1.19 bits per heavy atom. The van der Waals surface area contributed by atoms with Crippen molar-refractivity contribution in [2.24, 2.45) is 0 Å². The Hall–Kier alpha value is -0.630. The fraction of sp³-hybridized carbons (Fsp3) is 0.571. The Balaban J connectivity index is 2.87. The van der Waals surface area contributed by atoms with E-state index in [9.17, 15) is 0 Å². The maximum atomic E-state index is 5.85. The zero-order chi connectivity index (χ0) is 12.3. The molecule has 0 bridgehead atoms. The molecule has 0 saturated carbocycles. The average molecular weight is 238 g/mol. The molecule has 1 aromatic rings.